The SMILES string of the molecule is Cc1cc(N)cc(C(=O)OCC2CCOCC2)c1C. The van der Waals surface area contributed by atoms with Crippen molar-refractivity contribution in [2.24, 2.45) is 5.92 Å². The van der Waals surface area contributed by atoms with E-state index in [0.29, 0.717) is 23.8 Å². The molecule has 0 saturated carbocycles. The average molecular weight is 263 g/mol. The third kappa shape index (κ3) is 3.47. The summed E-state index contributed by atoms with van der Waals surface area (Å²) < 4.78 is 10.7. The lowest BCUT2D eigenvalue weighted by Crippen LogP contribution is -2.22. The van der Waals surface area contributed by atoms with E-state index in [1.807, 2.05) is 19.9 Å². The van der Waals surface area contributed by atoms with Gasteiger partial charge in [0, 0.05) is 18.9 Å². The first-order valence-corrected chi connectivity index (χ1v) is 6.69. The molecule has 1 fully saturated rings. The fourth-order valence-corrected chi connectivity index (χ4v) is 2.28. The summed E-state index contributed by atoms with van der Waals surface area (Å²) >= 11 is 0. The zero-order chi connectivity index (χ0) is 13.8. The highest BCUT2D eigenvalue weighted by Gasteiger charge is 2.18. The average Bonchev–Trinajstić information content (AvgIpc) is 2.41. The van der Waals surface area contributed by atoms with Crippen LogP contribution >= 0.6 is 0 Å². The van der Waals surface area contributed by atoms with Crippen molar-refractivity contribution in [2.45, 2.75) is 26.7 Å². The Labute approximate surface area is 113 Å². The minimum atomic E-state index is -0.278. The van der Waals surface area contributed by atoms with Gasteiger partial charge in [-0.1, -0.05) is 0 Å². The van der Waals surface area contributed by atoms with Gasteiger partial charge < -0.3 is 15.2 Å². The Bertz CT molecular complexity index is 465. The number of aryl methyl sites for hydroxylation is 1. The number of hydrogen-bond donors (Lipinski definition) is 1. The maximum Gasteiger partial charge on any atom is 0.338 e. The molecule has 0 unspecified atom stereocenters. The second-order valence-electron chi connectivity index (χ2n) is 5.16. The summed E-state index contributed by atoms with van der Waals surface area (Å²) in [5, 5.41) is 0. The molecular formula is C15H21NO3. The van der Waals surface area contributed by atoms with Crippen molar-refractivity contribution in [1.29, 1.82) is 0 Å². The molecule has 19 heavy (non-hydrogen) atoms. The summed E-state index contributed by atoms with van der Waals surface area (Å²) in [6.07, 6.45) is 1.92. The number of rotatable bonds is 3. The number of esters is 1. The van der Waals surface area contributed by atoms with Crippen LogP contribution in [0.5, 0.6) is 0 Å². The summed E-state index contributed by atoms with van der Waals surface area (Å²) in [5.74, 6) is 0.138. The van der Waals surface area contributed by atoms with E-state index in [1.165, 1.54) is 0 Å². The van der Waals surface area contributed by atoms with Gasteiger partial charge in [0.15, 0.2) is 0 Å². The molecule has 0 atom stereocenters. The molecule has 0 amide bonds. The number of carbonyl (C=O) groups is 1. The molecule has 4 nitrogen and oxygen atoms in total. The van der Waals surface area contributed by atoms with Gasteiger partial charge in [-0.2, -0.15) is 0 Å². The van der Waals surface area contributed by atoms with Gasteiger partial charge in [-0.25, -0.2) is 4.79 Å². The monoisotopic (exact) mass is 263 g/mol. The highest BCUT2D eigenvalue weighted by Crippen LogP contribution is 2.20. The van der Waals surface area contributed by atoms with Crippen LogP contribution in [0.4, 0.5) is 5.69 Å². The third-order valence-corrected chi connectivity index (χ3v) is 3.70. The van der Waals surface area contributed by atoms with Gasteiger partial charge in [-0.15, -0.1) is 0 Å². The number of nitrogens with two attached hydrogens (primary N) is 1. The van der Waals surface area contributed by atoms with Crippen LogP contribution in [0.1, 0.15) is 34.3 Å². The molecule has 2 rings (SSSR count). The summed E-state index contributed by atoms with van der Waals surface area (Å²) in [7, 11) is 0. The van der Waals surface area contributed by atoms with Crippen LogP contribution in [0, 0.1) is 19.8 Å². The van der Waals surface area contributed by atoms with Crippen molar-refractivity contribution in [2.75, 3.05) is 25.6 Å². The van der Waals surface area contributed by atoms with Gasteiger partial charge in [0.1, 0.15) is 0 Å². The lowest BCUT2D eigenvalue weighted by molar-refractivity contribution is 0.0185. The lowest BCUT2D eigenvalue weighted by atomic mass is 10.0. The largest absolute Gasteiger partial charge is 0.462 e. The molecule has 0 radical (unpaired) electrons. The summed E-state index contributed by atoms with van der Waals surface area (Å²) in [6.45, 7) is 5.85. The van der Waals surface area contributed by atoms with Crippen LogP contribution in [-0.2, 0) is 9.47 Å². The predicted molar refractivity (Wildman–Crippen MR) is 74.2 cm³/mol. The number of ether oxygens (including phenoxy) is 2. The molecule has 1 aliphatic rings. The number of benzene rings is 1. The normalized spacial score (nSPS) is 16.3. The summed E-state index contributed by atoms with van der Waals surface area (Å²) in [4.78, 5) is 12.1. The maximum atomic E-state index is 12.1. The van der Waals surface area contributed by atoms with E-state index >= 15 is 0 Å². The van der Waals surface area contributed by atoms with E-state index in [9.17, 15) is 4.79 Å². The summed E-state index contributed by atoms with van der Waals surface area (Å²) in [6, 6.07) is 3.55. The number of nitrogen functional groups attached to an aromatic ring is 1. The lowest BCUT2D eigenvalue weighted by Gasteiger charge is -2.21. The fraction of sp³-hybridized carbons (Fsp3) is 0.533. The van der Waals surface area contributed by atoms with E-state index in [2.05, 4.69) is 0 Å². The molecule has 1 aromatic rings. The molecule has 1 aliphatic heterocycles. The first-order chi connectivity index (χ1) is 9.08. The van der Waals surface area contributed by atoms with Crippen LogP contribution in [0.15, 0.2) is 12.1 Å². The molecule has 0 bridgehead atoms. The minimum Gasteiger partial charge on any atom is -0.462 e. The van der Waals surface area contributed by atoms with E-state index in [1.54, 1.807) is 6.07 Å². The van der Waals surface area contributed by atoms with E-state index in [-0.39, 0.29) is 5.97 Å². The molecule has 2 N–H and O–H groups in total. The standard InChI is InChI=1S/C15H21NO3/c1-10-7-13(16)8-14(11(10)2)15(17)19-9-12-3-5-18-6-4-12/h7-8,12H,3-6,9,16H2,1-2H3. The molecule has 0 aromatic heterocycles. The van der Waals surface area contributed by atoms with E-state index in [0.717, 1.165) is 37.2 Å². The number of anilines is 1. The second-order valence-corrected chi connectivity index (χ2v) is 5.16. The van der Waals surface area contributed by atoms with Crippen molar-refractivity contribution in [3.8, 4) is 0 Å². The highest BCUT2D eigenvalue weighted by atomic mass is 16.5. The fourth-order valence-electron chi connectivity index (χ4n) is 2.28. The third-order valence-electron chi connectivity index (χ3n) is 3.70. The minimum absolute atomic E-state index is 0.278. The Hall–Kier alpha value is -1.55. The van der Waals surface area contributed by atoms with Crippen molar-refractivity contribution >= 4 is 11.7 Å². The highest BCUT2D eigenvalue weighted by molar-refractivity contribution is 5.92. The molecular weight excluding hydrogens is 242 g/mol. The van der Waals surface area contributed by atoms with Gasteiger partial charge in [0.2, 0.25) is 0 Å². The molecule has 1 aromatic carbocycles. The van der Waals surface area contributed by atoms with Crippen LogP contribution in [0.3, 0.4) is 0 Å². The van der Waals surface area contributed by atoms with Gasteiger partial charge in [-0.05, 0) is 55.9 Å². The zero-order valence-corrected chi connectivity index (χ0v) is 11.6. The maximum absolute atomic E-state index is 12.1. The van der Waals surface area contributed by atoms with Gasteiger partial charge >= 0.3 is 5.97 Å². The zero-order valence-electron chi connectivity index (χ0n) is 11.6. The van der Waals surface area contributed by atoms with Gasteiger partial charge in [0.05, 0.1) is 12.2 Å². The Morgan fingerprint density at radius 2 is 2.05 bits per heavy atom. The first-order valence-electron chi connectivity index (χ1n) is 6.69. The quantitative estimate of drug-likeness (QED) is 0.672. The van der Waals surface area contributed by atoms with Crippen LogP contribution in [0.25, 0.3) is 0 Å². The van der Waals surface area contributed by atoms with E-state index in [4.69, 9.17) is 15.2 Å². The molecule has 0 spiro atoms. The van der Waals surface area contributed by atoms with Crippen molar-refractivity contribution < 1.29 is 14.3 Å². The number of carbonyl (C=O) groups excluding carboxylic acids is 1. The predicted octanol–water partition coefficient (Wildman–Crippen LogP) is 2.47. The Morgan fingerprint density at radius 1 is 1.37 bits per heavy atom. The smallest absolute Gasteiger partial charge is 0.338 e. The van der Waals surface area contributed by atoms with Crippen molar-refractivity contribution in [3.63, 3.8) is 0 Å². The van der Waals surface area contributed by atoms with Crippen LogP contribution < -0.4 is 5.73 Å². The van der Waals surface area contributed by atoms with Gasteiger partial charge in [-0.3, -0.25) is 0 Å². The van der Waals surface area contributed by atoms with Crippen molar-refractivity contribution in [3.05, 3.63) is 28.8 Å². The number of hydrogen-bond acceptors (Lipinski definition) is 4. The Balaban J connectivity index is 1.99. The molecule has 4 heteroatoms. The molecule has 1 saturated heterocycles. The van der Waals surface area contributed by atoms with Crippen molar-refractivity contribution in [1.82, 2.24) is 0 Å². The molecule has 104 valence electrons. The van der Waals surface area contributed by atoms with Crippen LogP contribution in [-0.4, -0.2) is 25.8 Å². The van der Waals surface area contributed by atoms with Gasteiger partial charge in [0.25, 0.3) is 0 Å². The topological polar surface area (TPSA) is 61.6 Å². The first kappa shape index (κ1) is 13.9. The second kappa shape index (κ2) is 6.06. The molecule has 0 aliphatic carbocycles. The Kier molecular flexibility index (Phi) is 4.43. The van der Waals surface area contributed by atoms with Crippen LogP contribution in [0.2, 0.25) is 0 Å². The van der Waals surface area contributed by atoms with E-state index < -0.39 is 0 Å². The Morgan fingerprint density at radius 3 is 2.74 bits per heavy atom. The summed E-state index contributed by atoms with van der Waals surface area (Å²) in [5.41, 5.74) is 8.90. The molecule has 1 heterocycles.